The van der Waals surface area contributed by atoms with Crippen LogP contribution in [0.5, 0.6) is 5.75 Å². The molecule has 1 spiro atoms. The van der Waals surface area contributed by atoms with Crippen molar-refractivity contribution in [1.82, 2.24) is 0 Å². The Morgan fingerprint density at radius 3 is 2.56 bits per heavy atom. The van der Waals surface area contributed by atoms with Crippen molar-refractivity contribution < 1.29 is 14.3 Å². The molecule has 94 valence electrons. The molecule has 2 aliphatic rings. The number of anilines is 1. The quantitative estimate of drug-likeness (QED) is 0.769. The highest BCUT2D eigenvalue weighted by Crippen LogP contribution is 2.52. The highest BCUT2D eigenvalue weighted by Gasteiger charge is 2.62. The van der Waals surface area contributed by atoms with E-state index in [0.29, 0.717) is 29.3 Å². The van der Waals surface area contributed by atoms with Gasteiger partial charge in [0.25, 0.3) is 0 Å². The molecule has 3 rings (SSSR count). The minimum atomic E-state index is -0.719. The third-order valence-corrected chi connectivity index (χ3v) is 3.99. The molecule has 1 amide bonds. The minimum absolute atomic E-state index is 0.0133. The average molecular weight is 266 g/mol. The number of halogens is 1. The number of rotatable bonds is 2. The maximum absolute atomic E-state index is 12.2. The van der Waals surface area contributed by atoms with Gasteiger partial charge in [0, 0.05) is 6.07 Å². The molecule has 1 saturated heterocycles. The van der Waals surface area contributed by atoms with Gasteiger partial charge in [0.2, 0.25) is 5.91 Å². The number of carbonyl (C=O) groups excluding carboxylic acids is 2. The van der Waals surface area contributed by atoms with Crippen LogP contribution < -0.4 is 9.64 Å². The summed E-state index contributed by atoms with van der Waals surface area (Å²) in [5.41, 5.74) is -0.136. The van der Waals surface area contributed by atoms with Crippen molar-refractivity contribution >= 4 is 29.0 Å². The van der Waals surface area contributed by atoms with Gasteiger partial charge < -0.3 is 9.64 Å². The smallest absolute Gasteiger partial charge is 0.241 e. The molecule has 18 heavy (non-hydrogen) atoms. The van der Waals surface area contributed by atoms with Gasteiger partial charge in [-0.05, 0) is 25.0 Å². The summed E-state index contributed by atoms with van der Waals surface area (Å²) in [6, 6.07) is 5.09. The van der Waals surface area contributed by atoms with Crippen molar-refractivity contribution in [2.24, 2.45) is 5.41 Å². The summed E-state index contributed by atoms with van der Waals surface area (Å²) in [6.45, 7) is 0.130. The molecule has 0 unspecified atom stereocenters. The molecule has 0 radical (unpaired) electrons. The van der Waals surface area contributed by atoms with Crippen LogP contribution in [-0.2, 0) is 9.59 Å². The molecule has 1 aliphatic heterocycles. The topological polar surface area (TPSA) is 46.6 Å². The van der Waals surface area contributed by atoms with E-state index in [2.05, 4.69) is 0 Å². The van der Waals surface area contributed by atoms with Gasteiger partial charge in [-0.15, -0.1) is 0 Å². The Labute approximate surface area is 109 Å². The highest BCUT2D eigenvalue weighted by atomic mass is 35.5. The van der Waals surface area contributed by atoms with Crippen molar-refractivity contribution in [1.29, 1.82) is 0 Å². The molecule has 1 saturated carbocycles. The van der Waals surface area contributed by atoms with Crippen LogP contribution in [0.15, 0.2) is 18.2 Å². The monoisotopic (exact) mass is 265 g/mol. The van der Waals surface area contributed by atoms with Crippen molar-refractivity contribution in [3.8, 4) is 5.75 Å². The highest BCUT2D eigenvalue weighted by molar-refractivity contribution is 6.35. The number of benzene rings is 1. The van der Waals surface area contributed by atoms with E-state index in [1.54, 1.807) is 25.3 Å². The fourth-order valence-corrected chi connectivity index (χ4v) is 2.66. The molecule has 1 aromatic rings. The predicted molar refractivity (Wildman–Crippen MR) is 67.0 cm³/mol. The van der Waals surface area contributed by atoms with E-state index in [-0.39, 0.29) is 18.2 Å². The zero-order chi connectivity index (χ0) is 12.9. The number of amides is 1. The number of hydrogen-bond acceptors (Lipinski definition) is 3. The summed E-state index contributed by atoms with van der Waals surface area (Å²) >= 11 is 6.13. The fourth-order valence-electron chi connectivity index (χ4n) is 2.39. The zero-order valence-corrected chi connectivity index (χ0v) is 10.7. The second-order valence-corrected chi connectivity index (χ2v) is 5.12. The van der Waals surface area contributed by atoms with E-state index in [0.717, 1.165) is 0 Å². The lowest BCUT2D eigenvalue weighted by atomic mass is 10.1. The number of nitrogens with zero attached hydrogens (tertiary/aromatic N) is 1. The maximum Gasteiger partial charge on any atom is 0.241 e. The Morgan fingerprint density at radius 1 is 1.33 bits per heavy atom. The molecular formula is C13H12ClNO3. The van der Waals surface area contributed by atoms with E-state index in [4.69, 9.17) is 16.3 Å². The lowest BCUT2D eigenvalue weighted by Gasteiger charge is -2.17. The number of methoxy groups -OCH3 is 1. The van der Waals surface area contributed by atoms with E-state index in [9.17, 15) is 9.59 Å². The molecule has 1 heterocycles. The van der Waals surface area contributed by atoms with Gasteiger partial charge in [-0.2, -0.15) is 0 Å². The molecule has 0 bridgehead atoms. The van der Waals surface area contributed by atoms with Crippen molar-refractivity contribution in [3.63, 3.8) is 0 Å². The normalized spacial score (nSPS) is 20.7. The van der Waals surface area contributed by atoms with Crippen molar-refractivity contribution in [2.45, 2.75) is 12.8 Å². The third kappa shape index (κ3) is 1.45. The zero-order valence-electron chi connectivity index (χ0n) is 9.90. The first kappa shape index (κ1) is 11.5. The first-order valence-electron chi connectivity index (χ1n) is 5.77. The molecular weight excluding hydrogens is 254 g/mol. The molecule has 0 aromatic heterocycles. The van der Waals surface area contributed by atoms with Crippen LogP contribution in [0.4, 0.5) is 5.69 Å². The third-order valence-electron chi connectivity index (χ3n) is 3.69. The Kier molecular flexibility index (Phi) is 2.38. The largest absolute Gasteiger partial charge is 0.497 e. The van der Waals surface area contributed by atoms with Gasteiger partial charge in [0.05, 0.1) is 24.4 Å². The van der Waals surface area contributed by atoms with Gasteiger partial charge in [0.15, 0.2) is 5.78 Å². The summed E-state index contributed by atoms with van der Waals surface area (Å²) in [5.74, 6) is 0.529. The molecule has 4 nitrogen and oxygen atoms in total. The van der Waals surface area contributed by atoms with E-state index in [1.807, 2.05) is 0 Å². The first-order chi connectivity index (χ1) is 8.58. The summed E-state index contributed by atoms with van der Waals surface area (Å²) in [5, 5.41) is 0.424. The van der Waals surface area contributed by atoms with Gasteiger partial charge in [-0.1, -0.05) is 11.6 Å². The number of carbonyl (C=O) groups is 2. The van der Waals surface area contributed by atoms with Crippen LogP contribution in [0.25, 0.3) is 0 Å². The van der Waals surface area contributed by atoms with E-state index in [1.165, 1.54) is 4.90 Å². The number of ketones is 1. The van der Waals surface area contributed by atoms with Crippen LogP contribution in [0.2, 0.25) is 5.02 Å². The predicted octanol–water partition coefficient (Wildman–Crippen LogP) is 2.04. The summed E-state index contributed by atoms with van der Waals surface area (Å²) in [4.78, 5) is 25.6. The molecule has 0 atom stereocenters. The second-order valence-electron chi connectivity index (χ2n) is 4.71. The Hall–Kier alpha value is -1.55. The second kappa shape index (κ2) is 3.72. The lowest BCUT2D eigenvalue weighted by Crippen LogP contribution is -2.27. The van der Waals surface area contributed by atoms with Gasteiger partial charge in [-0.25, -0.2) is 0 Å². The maximum atomic E-state index is 12.2. The van der Waals surface area contributed by atoms with Crippen LogP contribution in [0, 0.1) is 5.41 Å². The summed E-state index contributed by atoms with van der Waals surface area (Å²) in [7, 11) is 1.55. The minimum Gasteiger partial charge on any atom is -0.497 e. The summed E-state index contributed by atoms with van der Waals surface area (Å²) < 4.78 is 5.06. The van der Waals surface area contributed by atoms with Gasteiger partial charge in [-0.3, -0.25) is 9.59 Å². The van der Waals surface area contributed by atoms with Crippen LogP contribution in [0.1, 0.15) is 12.8 Å². The van der Waals surface area contributed by atoms with E-state index >= 15 is 0 Å². The number of Topliss-reactive ketones (excluding diaryl/α,β-unsaturated/α-hetero) is 1. The SMILES string of the molecule is COc1ccc(N2CC(=O)C3(CC3)C2=O)c(Cl)c1. The molecule has 5 heteroatoms. The van der Waals surface area contributed by atoms with Crippen LogP contribution in [-0.4, -0.2) is 25.3 Å². The van der Waals surface area contributed by atoms with Gasteiger partial charge in [0.1, 0.15) is 11.2 Å². The Balaban J connectivity index is 1.97. The lowest BCUT2D eigenvalue weighted by molar-refractivity contribution is -0.128. The van der Waals surface area contributed by atoms with Gasteiger partial charge >= 0.3 is 0 Å². The first-order valence-corrected chi connectivity index (χ1v) is 6.15. The van der Waals surface area contributed by atoms with Crippen LogP contribution >= 0.6 is 11.6 Å². The molecule has 0 N–H and O–H groups in total. The standard InChI is InChI=1S/C13H12ClNO3/c1-18-8-2-3-10(9(14)6-8)15-7-11(16)13(4-5-13)12(15)17/h2-3,6H,4-5,7H2,1H3. The van der Waals surface area contributed by atoms with Crippen molar-refractivity contribution in [3.05, 3.63) is 23.2 Å². The van der Waals surface area contributed by atoms with E-state index < -0.39 is 5.41 Å². The molecule has 1 aliphatic carbocycles. The summed E-state index contributed by atoms with van der Waals surface area (Å²) in [6.07, 6.45) is 1.35. The fraction of sp³-hybridized carbons (Fsp3) is 0.385. The Morgan fingerprint density at radius 2 is 2.06 bits per heavy atom. The Bertz CT molecular complexity index is 551. The van der Waals surface area contributed by atoms with Crippen molar-refractivity contribution in [2.75, 3.05) is 18.6 Å². The molecule has 2 fully saturated rings. The molecule has 1 aromatic carbocycles. The average Bonchev–Trinajstić information content (AvgIpc) is 3.12. The number of ether oxygens (including phenoxy) is 1. The number of hydrogen-bond donors (Lipinski definition) is 0. The van der Waals surface area contributed by atoms with Crippen LogP contribution in [0.3, 0.4) is 0 Å².